The van der Waals surface area contributed by atoms with Crippen LogP contribution < -0.4 is 31.3 Å². The lowest BCUT2D eigenvalue weighted by atomic mass is 10.00. The van der Waals surface area contributed by atoms with Gasteiger partial charge in [-0.1, -0.05) is 48.9 Å². The minimum Gasteiger partial charge on any atom is -0.493 e. The molecule has 4 rings (SSSR count). The van der Waals surface area contributed by atoms with Gasteiger partial charge in [-0.2, -0.15) is 0 Å². The molecule has 0 radical (unpaired) electrons. The number of likely N-dealkylation sites (tertiary alicyclic amines) is 1. The Morgan fingerprint density at radius 1 is 0.935 bits per heavy atom. The second kappa shape index (κ2) is 16.7. The summed E-state index contributed by atoms with van der Waals surface area (Å²) in [6.45, 7) is 6.50. The number of piperidine rings is 1. The normalized spacial score (nSPS) is 22.0. The van der Waals surface area contributed by atoms with Crippen molar-refractivity contribution in [1.82, 2.24) is 31.5 Å². The highest BCUT2D eigenvalue weighted by Gasteiger charge is 2.35. The summed E-state index contributed by atoms with van der Waals surface area (Å²) < 4.78 is 5.89. The van der Waals surface area contributed by atoms with Gasteiger partial charge in [0.2, 0.25) is 23.6 Å². The van der Waals surface area contributed by atoms with E-state index in [4.69, 9.17) is 4.74 Å². The second-order valence-electron chi connectivity index (χ2n) is 12.3. The van der Waals surface area contributed by atoms with Crippen LogP contribution >= 0.6 is 0 Å². The molecule has 12 heteroatoms. The fourth-order valence-electron chi connectivity index (χ4n) is 5.50. The molecule has 0 bridgehead atoms. The average Bonchev–Trinajstić information content (AvgIpc) is 3.04. The van der Waals surface area contributed by atoms with E-state index >= 15 is 0 Å². The second-order valence-corrected chi connectivity index (χ2v) is 12.3. The molecule has 0 spiro atoms. The predicted octanol–water partition coefficient (Wildman–Crippen LogP) is 1.30. The monoisotopic (exact) mass is 634 g/mol. The highest BCUT2D eigenvalue weighted by atomic mass is 16.5. The summed E-state index contributed by atoms with van der Waals surface area (Å²) in [4.78, 5) is 69.1. The quantitative estimate of drug-likeness (QED) is 0.321. The zero-order chi connectivity index (χ0) is 32.9. The van der Waals surface area contributed by atoms with Crippen molar-refractivity contribution in [3.8, 4) is 5.75 Å². The molecule has 2 heterocycles. The third kappa shape index (κ3) is 10.3. The molecule has 0 unspecified atom stereocenters. The molecule has 0 aromatic heterocycles. The largest absolute Gasteiger partial charge is 0.493 e. The first kappa shape index (κ1) is 34.4. The van der Waals surface area contributed by atoms with Crippen molar-refractivity contribution in [1.29, 1.82) is 0 Å². The maximum Gasteiger partial charge on any atom is 0.255 e. The third-order valence-corrected chi connectivity index (χ3v) is 8.12. The number of ether oxygens (including phenoxy) is 1. The number of hydrogen-bond acceptors (Lipinski definition) is 7. The van der Waals surface area contributed by atoms with Crippen LogP contribution in [0.1, 0.15) is 61.9 Å². The van der Waals surface area contributed by atoms with E-state index in [9.17, 15) is 24.0 Å². The molecule has 2 aliphatic rings. The highest BCUT2D eigenvalue weighted by molar-refractivity contribution is 6.01. The third-order valence-electron chi connectivity index (χ3n) is 8.12. The van der Waals surface area contributed by atoms with Crippen molar-refractivity contribution < 1.29 is 28.7 Å². The number of fused-ring (bicyclic) bond motifs is 1. The summed E-state index contributed by atoms with van der Waals surface area (Å²) in [6.07, 6.45) is 3.72. The summed E-state index contributed by atoms with van der Waals surface area (Å²) in [7, 11) is 0. The lowest BCUT2D eigenvalue weighted by Crippen LogP contribution is -2.60. The van der Waals surface area contributed by atoms with Gasteiger partial charge < -0.3 is 36.2 Å². The minimum absolute atomic E-state index is 0.205. The van der Waals surface area contributed by atoms with Crippen LogP contribution in [0.2, 0.25) is 0 Å². The van der Waals surface area contributed by atoms with Gasteiger partial charge in [-0.15, -0.1) is 0 Å². The molecule has 0 aliphatic carbocycles. The van der Waals surface area contributed by atoms with Crippen LogP contribution in [-0.2, 0) is 25.6 Å². The van der Waals surface area contributed by atoms with Gasteiger partial charge in [0.15, 0.2) is 0 Å². The number of para-hydroxylation sites is 1. The molecule has 2 atom stereocenters. The standard InChI is InChI=1S/C34H46N6O6/c1-34(2)33(45)38-26(22-24-12-5-3-6-13-24)31(43)35-16-11-21-46-28-15-8-7-14-25(28)30(42)37-27(23-29(41)39-34)32(44)36-17-20-40-18-9-4-10-19-40/h3,5-8,12-15,26-27H,4,9-11,16-23H2,1-2H3,(H,35,43)(H,36,44)(H,37,42)(H,38,45)(H,39,41)/t26-,27-/m0/s1. The van der Waals surface area contributed by atoms with Gasteiger partial charge in [0.25, 0.3) is 5.91 Å². The maximum absolute atomic E-state index is 13.4. The van der Waals surface area contributed by atoms with Crippen molar-refractivity contribution >= 4 is 29.5 Å². The zero-order valence-electron chi connectivity index (χ0n) is 26.7. The molecule has 5 amide bonds. The SMILES string of the molecule is CC1(C)NC(=O)C[C@@H](C(=O)NCCN2CCCCC2)NC(=O)c2ccccc2OCCCNC(=O)[C@H](Cc2ccccc2)NC1=O. The Bertz CT molecular complexity index is 1360. The Morgan fingerprint density at radius 2 is 1.65 bits per heavy atom. The summed E-state index contributed by atoms with van der Waals surface area (Å²) in [5.74, 6) is -2.32. The van der Waals surface area contributed by atoms with Crippen LogP contribution in [0.15, 0.2) is 54.6 Å². The summed E-state index contributed by atoms with van der Waals surface area (Å²) in [5.41, 5.74) is -0.365. The smallest absolute Gasteiger partial charge is 0.255 e. The van der Waals surface area contributed by atoms with Crippen LogP contribution in [0, 0.1) is 0 Å². The van der Waals surface area contributed by atoms with Crippen LogP contribution in [0.25, 0.3) is 0 Å². The molecular formula is C34H46N6O6. The van der Waals surface area contributed by atoms with Crippen molar-refractivity contribution in [3.05, 3.63) is 65.7 Å². The highest BCUT2D eigenvalue weighted by Crippen LogP contribution is 2.19. The average molecular weight is 635 g/mol. The van der Waals surface area contributed by atoms with E-state index in [1.54, 1.807) is 24.3 Å². The molecular weight excluding hydrogens is 588 g/mol. The fraction of sp³-hybridized carbons (Fsp3) is 0.500. The maximum atomic E-state index is 13.4. The molecule has 2 aliphatic heterocycles. The van der Waals surface area contributed by atoms with Gasteiger partial charge in [-0.05, 0) is 63.9 Å². The number of amides is 5. The Labute approximate surface area is 270 Å². The molecule has 2 aromatic carbocycles. The number of nitrogens with one attached hydrogen (secondary N) is 5. The first-order chi connectivity index (χ1) is 22.1. The van der Waals surface area contributed by atoms with E-state index in [0.29, 0.717) is 25.3 Å². The molecule has 2 aromatic rings. The zero-order valence-corrected chi connectivity index (χ0v) is 26.7. The minimum atomic E-state index is -1.43. The Hall–Kier alpha value is -4.45. The summed E-state index contributed by atoms with van der Waals surface area (Å²) in [6, 6.07) is 13.9. The van der Waals surface area contributed by atoms with E-state index < -0.39 is 47.7 Å². The molecule has 0 saturated carbocycles. The summed E-state index contributed by atoms with van der Waals surface area (Å²) in [5, 5.41) is 13.9. The van der Waals surface area contributed by atoms with E-state index in [1.165, 1.54) is 20.3 Å². The number of rotatable bonds is 6. The number of nitrogens with zero attached hydrogens (tertiary/aromatic N) is 1. The number of carbonyl (C=O) groups excluding carboxylic acids is 5. The van der Waals surface area contributed by atoms with Crippen molar-refractivity contribution in [3.63, 3.8) is 0 Å². The first-order valence-corrected chi connectivity index (χ1v) is 16.1. The predicted molar refractivity (Wildman–Crippen MR) is 173 cm³/mol. The molecule has 1 fully saturated rings. The van der Waals surface area contributed by atoms with E-state index in [2.05, 4.69) is 31.5 Å². The van der Waals surface area contributed by atoms with E-state index in [1.807, 2.05) is 30.3 Å². The number of carbonyl (C=O) groups is 5. The molecule has 12 nitrogen and oxygen atoms in total. The van der Waals surface area contributed by atoms with Crippen LogP contribution in [0.4, 0.5) is 0 Å². The van der Waals surface area contributed by atoms with Crippen LogP contribution in [0.5, 0.6) is 5.75 Å². The Morgan fingerprint density at radius 3 is 2.41 bits per heavy atom. The van der Waals surface area contributed by atoms with Crippen molar-refractivity contribution in [2.45, 2.75) is 70.0 Å². The van der Waals surface area contributed by atoms with Gasteiger partial charge in [-0.3, -0.25) is 24.0 Å². The topological polar surface area (TPSA) is 158 Å². The van der Waals surface area contributed by atoms with Crippen LogP contribution in [-0.4, -0.2) is 91.4 Å². The molecule has 5 N–H and O–H groups in total. The molecule has 46 heavy (non-hydrogen) atoms. The lowest BCUT2D eigenvalue weighted by molar-refractivity contribution is -0.135. The van der Waals surface area contributed by atoms with Gasteiger partial charge in [0.1, 0.15) is 23.4 Å². The van der Waals surface area contributed by atoms with Gasteiger partial charge in [0, 0.05) is 26.1 Å². The van der Waals surface area contributed by atoms with E-state index in [-0.39, 0.29) is 31.0 Å². The van der Waals surface area contributed by atoms with Crippen LogP contribution in [0.3, 0.4) is 0 Å². The fourth-order valence-corrected chi connectivity index (χ4v) is 5.50. The van der Waals surface area contributed by atoms with E-state index in [0.717, 1.165) is 31.5 Å². The van der Waals surface area contributed by atoms with Crippen molar-refractivity contribution in [2.24, 2.45) is 0 Å². The number of hydrogen-bond donors (Lipinski definition) is 5. The molecule has 1 saturated heterocycles. The number of benzene rings is 2. The Kier molecular flexibility index (Phi) is 12.5. The summed E-state index contributed by atoms with van der Waals surface area (Å²) >= 11 is 0. The molecule has 248 valence electrons. The van der Waals surface area contributed by atoms with Gasteiger partial charge in [-0.25, -0.2) is 0 Å². The van der Waals surface area contributed by atoms with Crippen molar-refractivity contribution in [2.75, 3.05) is 39.3 Å². The Balaban J connectivity index is 1.53. The van der Waals surface area contributed by atoms with Gasteiger partial charge in [0.05, 0.1) is 18.6 Å². The first-order valence-electron chi connectivity index (χ1n) is 16.1. The van der Waals surface area contributed by atoms with Gasteiger partial charge >= 0.3 is 0 Å². The lowest BCUT2D eigenvalue weighted by Gasteiger charge is -2.29.